The number of thioether (sulfide) groups is 1. The summed E-state index contributed by atoms with van der Waals surface area (Å²) in [5.41, 5.74) is 0. The Morgan fingerprint density at radius 2 is 1.45 bits per heavy atom. The van der Waals surface area contributed by atoms with E-state index >= 15 is 0 Å². The SMILES string of the molecule is [2H]C([2H])([2H])N(C(=S)SC(=S)N(C([2H])([2H])[2H])C([2H])([2H])[2H])C([2H])([2H])[2H]. The highest BCUT2D eigenvalue weighted by atomic mass is 32.2. The van der Waals surface area contributed by atoms with Crippen LogP contribution in [0.3, 0.4) is 0 Å². The second-order valence-corrected chi connectivity index (χ2v) is 3.57. The molecule has 0 rings (SSSR count). The van der Waals surface area contributed by atoms with E-state index in [-0.39, 0.29) is 21.6 Å². The summed E-state index contributed by atoms with van der Waals surface area (Å²) in [6.45, 7) is -12.6. The maximum Gasteiger partial charge on any atom is 0.142 e. The molecule has 0 aromatic carbocycles. The summed E-state index contributed by atoms with van der Waals surface area (Å²) in [6.07, 6.45) is 0. The lowest BCUT2D eigenvalue weighted by Gasteiger charge is -2.16. The van der Waals surface area contributed by atoms with Crippen LogP contribution in [0.25, 0.3) is 0 Å². The van der Waals surface area contributed by atoms with Crippen molar-refractivity contribution in [3.63, 3.8) is 0 Å². The molecule has 0 fully saturated rings. The van der Waals surface area contributed by atoms with Crippen molar-refractivity contribution in [3.8, 4) is 0 Å². The first-order chi connectivity index (χ1) is 9.79. The number of nitrogens with zero attached hydrogens (tertiary/aromatic N) is 2. The van der Waals surface area contributed by atoms with E-state index < -0.39 is 36.5 Å². The molecule has 2 nitrogen and oxygen atoms in total. The average Bonchev–Trinajstić information content (AvgIpc) is 2.04. The molecule has 0 spiro atoms. The van der Waals surface area contributed by atoms with Crippen molar-refractivity contribution in [1.82, 2.24) is 9.80 Å². The average molecular weight is 220 g/mol. The summed E-state index contributed by atoms with van der Waals surface area (Å²) < 4.78 is 84.7. The van der Waals surface area contributed by atoms with Gasteiger partial charge in [0.25, 0.3) is 0 Å². The third-order valence-electron chi connectivity index (χ3n) is 0.540. The summed E-state index contributed by atoms with van der Waals surface area (Å²) in [4.78, 5) is -0.160. The molecule has 0 bridgehead atoms. The zero-order chi connectivity index (χ0) is 19.0. The van der Waals surface area contributed by atoms with Crippen molar-refractivity contribution < 1.29 is 16.4 Å². The van der Waals surface area contributed by atoms with Crippen molar-refractivity contribution in [2.75, 3.05) is 27.9 Å². The van der Waals surface area contributed by atoms with Crippen LogP contribution in [0, 0.1) is 0 Å². The molecule has 5 heteroatoms. The molecule has 0 N–H and O–H groups in total. The predicted octanol–water partition coefficient (Wildman–Crippen LogP) is 1.41. The van der Waals surface area contributed by atoms with Crippen LogP contribution in [0.1, 0.15) is 16.4 Å². The summed E-state index contributed by atoms with van der Waals surface area (Å²) in [7, 11) is 0. The van der Waals surface area contributed by atoms with Crippen LogP contribution < -0.4 is 0 Å². The van der Waals surface area contributed by atoms with Crippen LogP contribution in [0.2, 0.25) is 0 Å². The minimum absolute atomic E-state index is 0.0798. The third kappa shape index (κ3) is 4.55. The number of hydrogen-bond acceptors (Lipinski definition) is 3. The molecule has 0 saturated heterocycles. The molecule has 0 atom stereocenters. The third-order valence-corrected chi connectivity index (χ3v) is 2.12. The monoisotopic (exact) mass is 220 g/mol. The van der Waals surface area contributed by atoms with Crippen LogP contribution in [0.4, 0.5) is 0 Å². The van der Waals surface area contributed by atoms with Gasteiger partial charge in [-0.1, -0.05) is 24.4 Å². The molecule has 11 heavy (non-hydrogen) atoms. The molecule has 0 heterocycles. The largest absolute Gasteiger partial charge is 0.363 e. The van der Waals surface area contributed by atoms with Gasteiger partial charge in [0.1, 0.15) is 8.64 Å². The molecule has 0 aliphatic rings. The highest BCUT2D eigenvalue weighted by molar-refractivity contribution is 8.37. The Kier molecular flexibility index (Phi) is 1.04. The Balaban J connectivity index is 5.54. The molecular formula is C6H12N2S3. The lowest BCUT2D eigenvalue weighted by molar-refractivity contribution is 0.643. The zero-order valence-corrected chi connectivity index (χ0v) is 7.57. The van der Waals surface area contributed by atoms with Crippen LogP contribution in [-0.4, -0.2) is 46.3 Å². The van der Waals surface area contributed by atoms with Gasteiger partial charge < -0.3 is 9.80 Å². The van der Waals surface area contributed by atoms with Crippen molar-refractivity contribution in [2.24, 2.45) is 0 Å². The molecule has 0 amide bonds. The molecular weight excluding hydrogens is 196 g/mol. The summed E-state index contributed by atoms with van der Waals surface area (Å²) >= 11 is 9.50. The van der Waals surface area contributed by atoms with Gasteiger partial charge in [0.2, 0.25) is 0 Å². The van der Waals surface area contributed by atoms with E-state index in [1.165, 1.54) is 0 Å². The second-order valence-electron chi connectivity index (χ2n) is 1.30. The van der Waals surface area contributed by atoms with E-state index in [4.69, 9.17) is 40.9 Å². The van der Waals surface area contributed by atoms with Crippen molar-refractivity contribution in [1.29, 1.82) is 0 Å². The summed E-state index contributed by atoms with van der Waals surface area (Å²) in [5, 5.41) is 0. The molecule has 0 saturated carbocycles. The second kappa shape index (κ2) is 4.90. The van der Waals surface area contributed by atoms with Crippen LogP contribution >= 0.6 is 36.2 Å². The zero-order valence-electron chi connectivity index (χ0n) is 17.1. The van der Waals surface area contributed by atoms with Gasteiger partial charge in [-0.15, -0.1) is 0 Å². The van der Waals surface area contributed by atoms with Gasteiger partial charge in [-0.05, 0) is 11.8 Å². The Labute approximate surface area is 99.8 Å². The van der Waals surface area contributed by atoms with Crippen molar-refractivity contribution in [2.45, 2.75) is 0 Å². The molecule has 64 valence electrons. The minimum atomic E-state index is -3.14. The first-order valence-corrected chi connectivity index (χ1v) is 3.79. The van der Waals surface area contributed by atoms with E-state index in [1.807, 2.05) is 0 Å². The quantitative estimate of drug-likeness (QED) is 0.568. The minimum Gasteiger partial charge on any atom is -0.363 e. The molecule has 0 unspecified atom stereocenters. The molecule has 0 aliphatic carbocycles. The number of rotatable bonds is 0. The van der Waals surface area contributed by atoms with Gasteiger partial charge in [0.15, 0.2) is 0 Å². The van der Waals surface area contributed by atoms with Crippen LogP contribution in [-0.2, 0) is 0 Å². The molecule has 0 aliphatic heterocycles. The lowest BCUT2D eigenvalue weighted by Crippen LogP contribution is -2.23. The van der Waals surface area contributed by atoms with Gasteiger partial charge in [-0.25, -0.2) is 0 Å². The van der Waals surface area contributed by atoms with Gasteiger partial charge in [0, 0.05) is 44.4 Å². The summed E-state index contributed by atoms with van der Waals surface area (Å²) in [5.74, 6) is 0. The van der Waals surface area contributed by atoms with Crippen LogP contribution in [0.15, 0.2) is 0 Å². The molecule has 0 aromatic rings. The molecule has 0 radical (unpaired) electrons. The molecule has 0 aromatic heterocycles. The van der Waals surface area contributed by atoms with Gasteiger partial charge >= 0.3 is 0 Å². The normalized spacial score (nSPS) is 29.8. The van der Waals surface area contributed by atoms with E-state index in [9.17, 15) is 0 Å². The van der Waals surface area contributed by atoms with E-state index in [2.05, 4.69) is 0 Å². The maximum atomic E-state index is 7.19. The number of hydrogen-bond donors (Lipinski definition) is 0. The lowest BCUT2D eigenvalue weighted by atomic mass is 11.0. The first-order valence-electron chi connectivity index (χ1n) is 8.16. The highest BCUT2D eigenvalue weighted by Crippen LogP contribution is 2.10. The summed E-state index contributed by atoms with van der Waals surface area (Å²) in [6, 6.07) is 0. The predicted molar refractivity (Wildman–Crippen MR) is 60.2 cm³/mol. The Morgan fingerprint density at radius 1 is 1.09 bits per heavy atom. The van der Waals surface area contributed by atoms with E-state index in [0.29, 0.717) is 0 Å². The fraction of sp³-hybridized carbons (Fsp3) is 0.667. The Bertz CT molecular complexity index is 389. The smallest absolute Gasteiger partial charge is 0.142 e. The van der Waals surface area contributed by atoms with Crippen molar-refractivity contribution >= 4 is 44.8 Å². The van der Waals surface area contributed by atoms with Gasteiger partial charge in [-0.2, -0.15) is 0 Å². The fourth-order valence-corrected chi connectivity index (χ4v) is 1.13. The van der Waals surface area contributed by atoms with Gasteiger partial charge in [0.05, 0.1) is 0 Å². The Morgan fingerprint density at radius 3 is 1.73 bits per heavy atom. The standard InChI is InChI=1S/C6H12N2S3/c1-7(2)5(9)11-6(10)8(3)4/h1-4H3/i1D3,2D3,3D3,4D3. The highest BCUT2D eigenvalue weighted by Gasteiger charge is 2.05. The maximum absolute atomic E-state index is 7.19. The van der Waals surface area contributed by atoms with Gasteiger partial charge in [-0.3, -0.25) is 0 Å². The first kappa shape index (κ1) is 2.33. The topological polar surface area (TPSA) is 6.48 Å². The van der Waals surface area contributed by atoms with E-state index in [1.54, 1.807) is 0 Å². The van der Waals surface area contributed by atoms with Crippen molar-refractivity contribution in [3.05, 3.63) is 0 Å². The Hall–Kier alpha value is 0.130. The van der Waals surface area contributed by atoms with E-state index in [0.717, 1.165) is 0 Å². The number of thiocarbonyl (C=S) groups is 2. The fourth-order valence-electron chi connectivity index (χ4n) is 0.166. The van der Waals surface area contributed by atoms with Crippen LogP contribution in [0.5, 0.6) is 0 Å².